The summed E-state index contributed by atoms with van der Waals surface area (Å²) in [5.74, 6) is 0.802. The van der Waals surface area contributed by atoms with E-state index in [4.69, 9.17) is 0 Å². The Bertz CT molecular complexity index is 1400. The van der Waals surface area contributed by atoms with Gasteiger partial charge in [0.25, 0.3) is 5.56 Å². The normalized spacial score (nSPS) is 20.4. The molecule has 3 aromatic rings. The van der Waals surface area contributed by atoms with Crippen LogP contribution in [-0.4, -0.2) is 54.7 Å². The zero-order valence-corrected chi connectivity index (χ0v) is 18.1. The van der Waals surface area contributed by atoms with E-state index in [2.05, 4.69) is 19.7 Å². The summed E-state index contributed by atoms with van der Waals surface area (Å²) in [6.07, 6.45) is 6.69. The highest BCUT2D eigenvalue weighted by Gasteiger charge is 2.35. The number of hydrogen-bond acceptors (Lipinski definition) is 7. The number of sulfonamides is 1. The number of hydrogen-bond donors (Lipinski definition) is 0. The van der Waals surface area contributed by atoms with Gasteiger partial charge in [-0.3, -0.25) is 13.9 Å². The number of rotatable bonds is 4. The van der Waals surface area contributed by atoms with Gasteiger partial charge in [-0.2, -0.15) is 4.31 Å². The predicted molar refractivity (Wildman–Crippen MR) is 111 cm³/mol. The van der Waals surface area contributed by atoms with Crippen LogP contribution in [0.25, 0.3) is 11.0 Å². The van der Waals surface area contributed by atoms with Gasteiger partial charge in [-0.05, 0) is 31.7 Å². The number of aryl methyl sites for hydroxylation is 1. The van der Waals surface area contributed by atoms with Crippen molar-refractivity contribution in [3.05, 3.63) is 45.3 Å². The van der Waals surface area contributed by atoms with Crippen LogP contribution in [0.5, 0.6) is 0 Å². The Morgan fingerprint density at radius 1 is 1.10 bits per heavy atom. The van der Waals surface area contributed by atoms with Crippen LogP contribution in [0.4, 0.5) is 0 Å². The zero-order chi connectivity index (χ0) is 21.9. The van der Waals surface area contributed by atoms with E-state index in [1.54, 1.807) is 6.33 Å². The Morgan fingerprint density at radius 3 is 2.61 bits per heavy atom. The van der Waals surface area contributed by atoms with Gasteiger partial charge in [-0.25, -0.2) is 18.2 Å². The number of nitrogens with zero attached hydrogens (tertiary/aromatic N) is 7. The molecule has 1 saturated heterocycles. The van der Waals surface area contributed by atoms with Crippen molar-refractivity contribution in [1.82, 2.24) is 33.2 Å². The fraction of sp³-hybridized carbons (Fsp3) is 0.526. The van der Waals surface area contributed by atoms with Crippen molar-refractivity contribution in [2.45, 2.75) is 42.5 Å². The first-order chi connectivity index (χ1) is 14.8. The van der Waals surface area contributed by atoms with Gasteiger partial charge in [0.15, 0.2) is 0 Å². The molecule has 1 aliphatic carbocycles. The first-order valence-electron chi connectivity index (χ1n) is 10.2. The smallest absolute Gasteiger partial charge is 0.314 e. The Labute approximate surface area is 178 Å². The highest BCUT2D eigenvalue weighted by atomic mass is 32.2. The molecule has 0 spiro atoms. The molecule has 31 heavy (non-hydrogen) atoms. The van der Waals surface area contributed by atoms with E-state index in [1.807, 2.05) is 0 Å². The lowest BCUT2D eigenvalue weighted by molar-refractivity contribution is 0.304. The molecule has 0 unspecified atom stereocenters. The highest BCUT2D eigenvalue weighted by molar-refractivity contribution is 7.89. The summed E-state index contributed by atoms with van der Waals surface area (Å²) >= 11 is 0. The van der Waals surface area contributed by atoms with E-state index in [9.17, 15) is 18.0 Å². The summed E-state index contributed by atoms with van der Waals surface area (Å²) in [4.78, 5) is 28.7. The summed E-state index contributed by atoms with van der Waals surface area (Å²) in [5, 5.41) is 8.41. The molecule has 0 amide bonds. The monoisotopic (exact) mass is 445 g/mol. The molecule has 1 saturated carbocycles. The topological polar surface area (TPSA) is 125 Å². The van der Waals surface area contributed by atoms with Gasteiger partial charge in [0.1, 0.15) is 22.7 Å². The van der Waals surface area contributed by atoms with Crippen molar-refractivity contribution in [1.29, 1.82) is 0 Å². The van der Waals surface area contributed by atoms with Gasteiger partial charge in [0.05, 0.1) is 5.39 Å². The summed E-state index contributed by atoms with van der Waals surface area (Å²) in [6, 6.07) is 1.74. The van der Waals surface area contributed by atoms with E-state index in [0.717, 1.165) is 29.7 Å². The maximum atomic E-state index is 13.4. The molecule has 5 rings (SSSR count). The van der Waals surface area contributed by atoms with Crippen molar-refractivity contribution < 1.29 is 8.42 Å². The maximum Gasteiger partial charge on any atom is 0.332 e. The van der Waals surface area contributed by atoms with Crippen LogP contribution >= 0.6 is 0 Å². The lowest BCUT2D eigenvalue weighted by Gasteiger charge is -2.31. The van der Waals surface area contributed by atoms with E-state index >= 15 is 0 Å². The van der Waals surface area contributed by atoms with Gasteiger partial charge in [0, 0.05) is 45.3 Å². The van der Waals surface area contributed by atoms with Crippen LogP contribution in [0.15, 0.2) is 33.1 Å². The minimum Gasteiger partial charge on any atom is -0.314 e. The Hall–Kier alpha value is -2.86. The first kappa shape index (κ1) is 20.1. The minimum absolute atomic E-state index is 0.0336. The standard InChI is InChI=1S/C19H23N7O4S/c1-23-17-15(18(27)24(2)19(23)28)8-14(9-20-17)31(29,30)25-7-3-4-12(10-25)16-22-21-11-26(16)13-5-6-13/h8-9,11-13H,3-7,10H2,1-2H3/t12-/m0/s1. The quantitative estimate of drug-likeness (QED) is 0.559. The van der Waals surface area contributed by atoms with E-state index in [0.29, 0.717) is 25.6 Å². The summed E-state index contributed by atoms with van der Waals surface area (Å²) in [5.41, 5.74) is -0.933. The molecule has 12 heteroatoms. The molecule has 0 aromatic carbocycles. The third-order valence-electron chi connectivity index (χ3n) is 6.20. The summed E-state index contributed by atoms with van der Waals surface area (Å²) in [7, 11) is -1.02. The zero-order valence-electron chi connectivity index (χ0n) is 17.3. The first-order valence-corrected chi connectivity index (χ1v) is 11.7. The largest absolute Gasteiger partial charge is 0.332 e. The van der Waals surface area contributed by atoms with Gasteiger partial charge in [-0.15, -0.1) is 10.2 Å². The summed E-state index contributed by atoms with van der Waals surface area (Å²) < 4.78 is 32.5. The fourth-order valence-electron chi connectivity index (χ4n) is 4.29. The van der Waals surface area contributed by atoms with Gasteiger partial charge < -0.3 is 4.57 Å². The molecular formula is C19H23N7O4S. The average molecular weight is 446 g/mol. The van der Waals surface area contributed by atoms with E-state index in [-0.39, 0.29) is 21.8 Å². The third kappa shape index (κ3) is 3.21. The van der Waals surface area contributed by atoms with Gasteiger partial charge in [-0.1, -0.05) is 0 Å². The molecule has 2 fully saturated rings. The Kier molecular flexibility index (Phi) is 4.59. The number of aromatic nitrogens is 6. The van der Waals surface area contributed by atoms with Crippen LogP contribution < -0.4 is 11.2 Å². The van der Waals surface area contributed by atoms with Crippen LogP contribution in [0.1, 0.15) is 43.5 Å². The van der Waals surface area contributed by atoms with Crippen molar-refractivity contribution in [2.75, 3.05) is 13.1 Å². The molecule has 2 aliphatic rings. The van der Waals surface area contributed by atoms with Crippen LogP contribution in [-0.2, 0) is 24.1 Å². The average Bonchev–Trinajstić information content (AvgIpc) is 3.51. The second-order valence-corrected chi connectivity index (χ2v) is 10.2. The Balaban J connectivity index is 1.51. The Morgan fingerprint density at radius 2 is 1.87 bits per heavy atom. The van der Waals surface area contributed by atoms with Crippen LogP contribution in [0.3, 0.4) is 0 Å². The highest BCUT2D eigenvalue weighted by Crippen LogP contribution is 2.38. The van der Waals surface area contributed by atoms with Crippen molar-refractivity contribution in [2.24, 2.45) is 14.1 Å². The minimum atomic E-state index is -3.87. The van der Waals surface area contributed by atoms with Crippen molar-refractivity contribution >= 4 is 21.1 Å². The van der Waals surface area contributed by atoms with Crippen LogP contribution in [0.2, 0.25) is 0 Å². The van der Waals surface area contributed by atoms with Crippen molar-refractivity contribution in [3.63, 3.8) is 0 Å². The molecule has 3 aromatic heterocycles. The molecule has 11 nitrogen and oxygen atoms in total. The lowest BCUT2D eigenvalue weighted by Crippen LogP contribution is -2.40. The van der Waals surface area contributed by atoms with Gasteiger partial charge >= 0.3 is 5.69 Å². The fourth-order valence-corrected chi connectivity index (χ4v) is 5.78. The van der Waals surface area contributed by atoms with Gasteiger partial charge in [0.2, 0.25) is 10.0 Å². The second kappa shape index (κ2) is 7.09. The number of pyridine rings is 1. The molecule has 0 N–H and O–H groups in total. The van der Waals surface area contributed by atoms with Crippen LogP contribution in [0, 0.1) is 0 Å². The van der Waals surface area contributed by atoms with E-state index < -0.39 is 21.3 Å². The maximum absolute atomic E-state index is 13.4. The number of piperidine rings is 1. The van der Waals surface area contributed by atoms with Crippen molar-refractivity contribution in [3.8, 4) is 0 Å². The molecular weight excluding hydrogens is 422 g/mol. The molecule has 0 radical (unpaired) electrons. The molecule has 0 bridgehead atoms. The number of fused-ring (bicyclic) bond motifs is 1. The lowest BCUT2D eigenvalue weighted by atomic mass is 9.99. The summed E-state index contributed by atoms with van der Waals surface area (Å²) in [6.45, 7) is 0.691. The molecule has 1 atom stereocenters. The predicted octanol–water partition coefficient (Wildman–Crippen LogP) is 0.127. The molecule has 4 heterocycles. The second-order valence-electron chi connectivity index (χ2n) is 8.28. The molecule has 1 aliphatic heterocycles. The van der Waals surface area contributed by atoms with E-state index in [1.165, 1.54) is 35.2 Å². The molecule has 164 valence electrons. The SMILES string of the molecule is Cn1c(=O)c2cc(S(=O)(=O)N3CCC[C@H](c4nncn4C4CC4)C3)cnc2n(C)c1=O. The third-order valence-corrected chi connectivity index (χ3v) is 8.03.